The predicted molar refractivity (Wildman–Crippen MR) is 168 cm³/mol. The first-order valence-electron chi connectivity index (χ1n) is 14.0. The van der Waals surface area contributed by atoms with E-state index in [1.54, 1.807) is 30.7 Å². The van der Waals surface area contributed by atoms with Crippen LogP contribution in [0.3, 0.4) is 0 Å². The second-order valence-corrected chi connectivity index (χ2v) is 10.5. The molecule has 0 bridgehead atoms. The summed E-state index contributed by atoms with van der Waals surface area (Å²) in [6.07, 6.45) is 8.07. The molecule has 0 aliphatic heterocycles. The minimum atomic E-state index is -1.04. The summed E-state index contributed by atoms with van der Waals surface area (Å²) in [5, 5.41) is 11.5. The largest absolute Gasteiger partial charge is 0.493 e. The number of aliphatic carboxylic acids is 1. The molecule has 5 aromatic rings. The molecule has 0 aliphatic carbocycles. The molecule has 0 saturated carbocycles. The van der Waals surface area contributed by atoms with Crippen molar-refractivity contribution in [2.45, 2.75) is 32.7 Å². The van der Waals surface area contributed by atoms with Crippen molar-refractivity contribution < 1.29 is 23.8 Å². The molecule has 2 aromatic heterocycles. The molecule has 0 amide bonds. The van der Waals surface area contributed by atoms with E-state index in [2.05, 4.69) is 30.8 Å². The van der Waals surface area contributed by atoms with Gasteiger partial charge in [-0.3, -0.25) is 0 Å². The van der Waals surface area contributed by atoms with Gasteiger partial charge >= 0.3 is 5.97 Å². The van der Waals surface area contributed by atoms with Gasteiger partial charge in [-0.25, -0.2) is 4.79 Å². The maximum atomic E-state index is 11.7. The third-order valence-electron chi connectivity index (χ3n) is 7.33. The number of carboxylic acids is 1. The topological polar surface area (TPSA) is 73.8 Å². The molecular weight excluding hydrogens is 526 g/mol. The quantitative estimate of drug-likeness (QED) is 0.176. The maximum absolute atomic E-state index is 11.7. The monoisotopic (exact) mass is 561 g/mol. The van der Waals surface area contributed by atoms with E-state index in [1.165, 1.54) is 0 Å². The highest BCUT2D eigenvalue weighted by molar-refractivity contribution is 5.85. The van der Waals surface area contributed by atoms with E-state index in [-0.39, 0.29) is 0 Å². The van der Waals surface area contributed by atoms with E-state index in [4.69, 9.17) is 13.9 Å². The standard InChI is InChI=1S/C36H35NO5/c1-5-11-32-25(6-2)24-34(42-32)30-23-27(26-12-8-7-9-13-26)14-17-33(30)41-21-10-20-40-29-15-16-31-28(22-29)18-19-37(31)36(3,4)35(38)39/h5-9,11-19,22-24H,1,10,20-21H2,2-4H3,(H,38,39)/b25-6-,32-11+. The predicted octanol–water partition coefficient (Wildman–Crippen LogP) is 7.00. The van der Waals surface area contributed by atoms with Crippen molar-refractivity contribution >= 4 is 29.0 Å². The fourth-order valence-electron chi connectivity index (χ4n) is 4.91. The van der Waals surface area contributed by atoms with Crippen LogP contribution in [0.5, 0.6) is 11.5 Å². The second-order valence-electron chi connectivity index (χ2n) is 10.5. The van der Waals surface area contributed by atoms with Gasteiger partial charge < -0.3 is 23.6 Å². The summed E-state index contributed by atoms with van der Waals surface area (Å²) in [6, 6.07) is 26.0. The number of ether oxygens (including phenoxy) is 2. The summed E-state index contributed by atoms with van der Waals surface area (Å²) in [4.78, 5) is 11.7. The van der Waals surface area contributed by atoms with E-state index in [1.807, 2.05) is 73.7 Å². The molecule has 0 unspecified atom stereocenters. The molecular formula is C36H35NO5. The fourth-order valence-corrected chi connectivity index (χ4v) is 4.91. The van der Waals surface area contributed by atoms with Crippen LogP contribution in [0.1, 0.15) is 27.2 Å². The molecule has 214 valence electrons. The van der Waals surface area contributed by atoms with Crippen LogP contribution in [0.4, 0.5) is 0 Å². The van der Waals surface area contributed by atoms with Crippen molar-refractivity contribution in [1.29, 1.82) is 0 Å². The molecule has 0 saturated heterocycles. The Morgan fingerprint density at radius 1 is 0.976 bits per heavy atom. The second kappa shape index (κ2) is 12.3. The number of benzene rings is 3. The van der Waals surface area contributed by atoms with E-state index < -0.39 is 11.5 Å². The van der Waals surface area contributed by atoms with Crippen LogP contribution in [0.15, 0.2) is 102 Å². The Hall–Kier alpha value is -4.97. The highest BCUT2D eigenvalue weighted by Crippen LogP contribution is 2.34. The molecule has 0 aliphatic rings. The van der Waals surface area contributed by atoms with E-state index in [0.717, 1.165) is 55.5 Å². The highest BCUT2D eigenvalue weighted by Gasteiger charge is 2.30. The fraction of sp³-hybridized carbons (Fsp3) is 0.194. The third kappa shape index (κ3) is 5.88. The van der Waals surface area contributed by atoms with Gasteiger partial charge in [0.05, 0.1) is 18.8 Å². The van der Waals surface area contributed by atoms with Gasteiger partial charge in [-0.1, -0.05) is 55.1 Å². The number of carbonyl (C=O) groups is 1. The lowest BCUT2D eigenvalue weighted by Gasteiger charge is -2.23. The molecule has 5 rings (SSSR count). The number of hydrogen-bond acceptors (Lipinski definition) is 4. The molecule has 2 heterocycles. The van der Waals surface area contributed by atoms with Crippen molar-refractivity contribution in [3.63, 3.8) is 0 Å². The molecule has 6 nitrogen and oxygen atoms in total. The molecule has 0 radical (unpaired) electrons. The van der Waals surface area contributed by atoms with Crippen molar-refractivity contribution in [3.8, 4) is 33.9 Å². The molecule has 0 atom stereocenters. The van der Waals surface area contributed by atoms with Gasteiger partial charge in [-0.15, -0.1) is 0 Å². The summed E-state index contributed by atoms with van der Waals surface area (Å²) < 4.78 is 20.3. The number of carboxylic acid groups (broad SMARTS) is 1. The Morgan fingerprint density at radius 2 is 1.76 bits per heavy atom. The van der Waals surface area contributed by atoms with Crippen molar-refractivity contribution in [1.82, 2.24) is 4.57 Å². The van der Waals surface area contributed by atoms with Crippen LogP contribution in [-0.4, -0.2) is 28.9 Å². The first-order valence-corrected chi connectivity index (χ1v) is 14.0. The van der Waals surface area contributed by atoms with Crippen molar-refractivity contribution in [2.75, 3.05) is 13.2 Å². The van der Waals surface area contributed by atoms with Crippen molar-refractivity contribution in [2.24, 2.45) is 0 Å². The number of allylic oxidation sites excluding steroid dienone is 1. The first kappa shape index (κ1) is 28.6. The Kier molecular flexibility index (Phi) is 8.34. The van der Waals surface area contributed by atoms with Crippen LogP contribution in [0.2, 0.25) is 0 Å². The number of aromatic nitrogens is 1. The lowest BCUT2D eigenvalue weighted by Crippen LogP contribution is -2.34. The van der Waals surface area contributed by atoms with Crippen LogP contribution in [0, 0.1) is 0 Å². The van der Waals surface area contributed by atoms with Crippen LogP contribution < -0.4 is 20.1 Å². The molecule has 0 spiro atoms. The van der Waals surface area contributed by atoms with Gasteiger partial charge in [-0.2, -0.15) is 0 Å². The Bertz CT molecular complexity index is 1840. The minimum absolute atomic E-state index is 0.461. The van der Waals surface area contributed by atoms with E-state index in [9.17, 15) is 9.90 Å². The summed E-state index contributed by atoms with van der Waals surface area (Å²) >= 11 is 0. The van der Waals surface area contributed by atoms with E-state index in [0.29, 0.717) is 19.6 Å². The van der Waals surface area contributed by atoms with Gasteiger partial charge in [0.1, 0.15) is 28.2 Å². The molecule has 1 N–H and O–H groups in total. The average molecular weight is 562 g/mol. The summed E-state index contributed by atoms with van der Waals surface area (Å²) in [5.41, 5.74) is 3.63. The number of hydrogen-bond donors (Lipinski definition) is 1. The smallest absolute Gasteiger partial charge is 0.329 e. The molecule has 6 heteroatoms. The number of rotatable bonds is 11. The Balaban J connectivity index is 1.30. The SMILES string of the molecule is C=C/C=c1/oc(-c2cc(-c3ccccc3)ccc2OCCCOc2ccc3c(ccn3C(C)(C)C(=O)O)c2)c/c1=C/C. The van der Waals surface area contributed by atoms with Gasteiger partial charge in [-0.05, 0) is 80.4 Å². The minimum Gasteiger partial charge on any atom is -0.493 e. The third-order valence-corrected chi connectivity index (χ3v) is 7.33. The zero-order valence-electron chi connectivity index (χ0n) is 24.2. The zero-order chi connectivity index (χ0) is 29.7. The van der Waals surface area contributed by atoms with Crippen LogP contribution >= 0.6 is 0 Å². The van der Waals surface area contributed by atoms with Gasteiger partial charge in [0.2, 0.25) is 0 Å². The van der Waals surface area contributed by atoms with Gasteiger partial charge in [0, 0.05) is 28.7 Å². The maximum Gasteiger partial charge on any atom is 0.329 e. The Morgan fingerprint density at radius 3 is 2.50 bits per heavy atom. The zero-order valence-corrected chi connectivity index (χ0v) is 24.2. The molecule has 3 aromatic carbocycles. The molecule has 42 heavy (non-hydrogen) atoms. The Labute approximate surface area is 245 Å². The first-order chi connectivity index (χ1) is 20.3. The number of nitrogens with zero attached hydrogens (tertiary/aromatic N) is 1. The lowest BCUT2D eigenvalue weighted by atomic mass is 10.0. The summed E-state index contributed by atoms with van der Waals surface area (Å²) in [5.74, 6) is 1.31. The summed E-state index contributed by atoms with van der Waals surface area (Å²) in [7, 11) is 0. The summed E-state index contributed by atoms with van der Waals surface area (Å²) in [6.45, 7) is 10.1. The van der Waals surface area contributed by atoms with Gasteiger partial charge in [0.15, 0.2) is 0 Å². The normalized spacial score (nSPS) is 12.5. The lowest BCUT2D eigenvalue weighted by molar-refractivity contribution is -0.145. The number of furan rings is 1. The van der Waals surface area contributed by atoms with Gasteiger partial charge in [0.25, 0.3) is 0 Å². The van der Waals surface area contributed by atoms with Crippen LogP contribution in [0.25, 0.3) is 45.5 Å². The molecule has 0 fully saturated rings. The van der Waals surface area contributed by atoms with Crippen LogP contribution in [-0.2, 0) is 10.3 Å². The van der Waals surface area contributed by atoms with Crippen molar-refractivity contribution in [3.05, 3.63) is 108 Å². The highest BCUT2D eigenvalue weighted by atomic mass is 16.5. The van der Waals surface area contributed by atoms with E-state index >= 15 is 0 Å². The number of fused-ring (bicyclic) bond motifs is 1. The average Bonchev–Trinajstić information content (AvgIpc) is 3.62.